The largest absolute Gasteiger partial charge is 0.356 e. The molecule has 1 unspecified atom stereocenters. The molecule has 1 fully saturated rings. The van der Waals surface area contributed by atoms with Crippen molar-refractivity contribution < 1.29 is 4.74 Å². The van der Waals surface area contributed by atoms with Crippen LogP contribution < -0.4 is 0 Å². The number of nitrogens with zero attached hydrogens (tertiary/aromatic N) is 1. The van der Waals surface area contributed by atoms with Gasteiger partial charge in [0.25, 0.3) is 0 Å². The molecule has 3 heteroatoms. The fourth-order valence-electron chi connectivity index (χ4n) is 2.13. The third-order valence-electron chi connectivity index (χ3n) is 2.99. The Morgan fingerprint density at radius 2 is 2.06 bits per heavy atom. The second-order valence-corrected chi connectivity index (χ2v) is 5.28. The molecule has 2 aromatic rings. The van der Waals surface area contributed by atoms with Gasteiger partial charge in [-0.3, -0.25) is 4.90 Å². The van der Waals surface area contributed by atoms with Crippen molar-refractivity contribution >= 4 is 11.3 Å². The summed E-state index contributed by atoms with van der Waals surface area (Å²) in [5.74, 6) is 0. The second-order valence-electron chi connectivity index (χ2n) is 4.30. The predicted octanol–water partition coefficient (Wildman–Crippen LogP) is 3.28. The van der Waals surface area contributed by atoms with Gasteiger partial charge in [-0.25, -0.2) is 0 Å². The average molecular weight is 245 g/mol. The maximum Gasteiger partial charge on any atom is 0.106 e. The lowest BCUT2D eigenvalue weighted by molar-refractivity contribution is 0.0898. The molecule has 1 atom stereocenters. The molecule has 88 valence electrons. The van der Waals surface area contributed by atoms with E-state index in [2.05, 4.69) is 52.7 Å². The smallest absolute Gasteiger partial charge is 0.106 e. The molecule has 0 radical (unpaired) electrons. The Labute approximate surface area is 105 Å². The maximum atomic E-state index is 5.82. The van der Waals surface area contributed by atoms with E-state index in [4.69, 9.17) is 4.74 Å². The molecule has 1 aromatic carbocycles. The van der Waals surface area contributed by atoms with Crippen LogP contribution in [0.3, 0.4) is 0 Å². The number of benzene rings is 1. The lowest BCUT2D eigenvalue weighted by Crippen LogP contribution is -2.19. The number of hydrogen-bond donors (Lipinski definition) is 0. The molecule has 0 saturated carbocycles. The van der Waals surface area contributed by atoms with E-state index in [9.17, 15) is 0 Å². The van der Waals surface area contributed by atoms with Crippen LogP contribution in [0.2, 0.25) is 0 Å². The molecule has 0 aliphatic carbocycles. The van der Waals surface area contributed by atoms with E-state index in [0.717, 1.165) is 19.8 Å². The topological polar surface area (TPSA) is 12.5 Å². The Morgan fingerprint density at radius 1 is 1.18 bits per heavy atom. The summed E-state index contributed by atoms with van der Waals surface area (Å²) in [5.41, 5.74) is 1.35. The summed E-state index contributed by atoms with van der Waals surface area (Å²) in [5, 5.41) is 2.11. The van der Waals surface area contributed by atoms with E-state index in [1.165, 1.54) is 10.4 Å². The van der Waals surface area contributed by atoms with Crippen molar-refractivity contribution in [2.24, 2.45) is 0 Å². The minimum atomic E-state index is 0.263. The van der Waals surface area contributed by atoms with E-state index in [-0.39, 0.29) is 6.10 Å². The molecular weight excluding hydrogens is 230 g/mol. The van der Waals surface area contributed by atoms with Crippen molar-refractivity contribution in [3.05, 3.63) is 58.3 Å². The molecule has 1 aromatic heterocycles. The molecule has 3 rings (SSSR count). The van der Waals surface area contributed by atoms with Gasteiger partial charge >= 0.3 is 0 Å². The molecule has 1 saturated heterocycles. The van der Waals surface area contributed by atoms with E-state index in [1.807, 2.05) is 0 Å². The number of hydrogen-bond acceptors (Lipinski definition) is 3. The fraction of sp³-hybridized carbons (Fsp3) is 0.286. The second kappa shape index (κ2) is 5.00. The Morgan fingerprint density at radius 3 is 2.82 bits per heavy atom. The Balaban J connectivity index is 1.61. The Bertz CT molecular complexity index is 454. The lowest BCUT2D eigenvalue weighted by Gasteiger charge is -2.12. The van der Waals surface area contributed by atoms with Crippen LogP contribution in [-0.4, -0.2) is 18.2 Å². The summed E-state index contributed by atoms with van der Waals surface area (Å²) < 4.78 is 5.82. The van der Waals surface area contributed by atoms with E-state index in [0.29, 0.717) is 0 Å². The first-order valence-corrected chi connectivity index (χ1v) is 6.71. The lowest BCUT2D eigenvalue weighted by atomic mass is 10.2. The molecule has 0 amide bonds. The molecule has 17 heavy (non-hydrogen) atoms. The van der Waals surface area contributed by atoms with Gasteiger partial charge in [0, 0.05) is 18.0 Å². The molecule has 1 aliphatic heterocycles. The van der Waals surface area contributed by atoms with Gasteiger partial charge in [-0.1, -0.05) is 36.4 Å². The molecule has 2 nitrogen and oxygen atoms in total. The SMILES string of the molecule is c1ccc(CN2COC(c3cccs3)C2)cc1. The molecule has 1 aliphatic rings. The standard InChI is InChI=1S/C14H15NOS/c1-2-5-12(6-3-1)9-15-10-13(16-11-15)14-7-4-8-17-14/h1-8,13H,9-11H2. The monoisotopic (exact) mass is 245 g/mol. The first kappa shape index (κ1) is 11.0. The maximum absolute atomic E-state index is 5.82. The van der Waals surface area contributed by atoms with Gasteiger partial charge in [0.05, 0.1) is 0 Å². The third-order valence-corrected chi connectivity index (χ3v) is 3.96. The highest BCUT2D eigenvalue weighted by molar-refractivity contribution is 7.10. The van der Waals surface area contributed by atoms with Crippen molar-refractivity contribution in [1.29, 1.82) is 0 Å². The van der Waals surface area contributed by atoms with E-state index in [1.54, 1.807) is 11.3 Å². The number of rotatable bonds is 3. The van der Waals surface area contributed by atoms with Gasteiger partial charge in [-0.2, -0.15) is 0 Å². The summed E-state index contributed by atoms with van der Waals surface area (Å²) in [6, 6.07) is 14.8. The van der Waals surface area contributed by atoms with Gasteiger partial charge in [-0.15, -0.1) is 11.3 Å². The zero-order chi connectivity index (χ0) is 11.5. The molecular formula is C14H15NOS. The molecule has 0 spiro atoms. The van der Waals surface area contributed by atoms with E-state index < -0.39 is 0 Å². The highest BCUT2D eigenvalue weighted by Gasteiger charge is 2.24. The van der Waals surface area contributed by atoms with Gasteiger partial charge < -0.3 is 4.74 Å². The van der Waals surface area contributed by atoms with Crippen LogP contribution >= 0.6 is 11.3 Å². The molecule has 2 heterocycles. The quantitative estimate of drug-likeness (QED) is 0.823. The summed E-state index contributed by atoms with van der Waals surface area (Å²) in [6.45, 7) is 2.70. The predicted molar refractivity (Wildman–Crippen MR) is 69.9 cm³/mol. The van der Waals surface area contributed by atoms with Crippen LogP contribution in [-0.2, 0) is 11.3 Å². The van der Waals surface area contributed by atoms with Crippen LogP contribution in [0.25, 0.3) is 0 Å². The van der Waals surface area contributed by atoms with Crippen molar-refractivity contribution in [1.82, 2.24) is 4.90 Å². The van der Waals surface area contributed by atoms with Crippen LogP contribution in [0.15, 0.2) is 47.8 Å². The zero-order valence-electron chi connectivity index (χ0n) is 9.58. The molecule has 0 N–H and O–H groups in total. The highest BCUT2D eigenvalue weighted by Crippen LogP contribution is 2.28. The van der Waals surface area contributed by atoms with Gasteiger partial charge in [0.15, 0.2) is 0 Å². The van der Waals surface area contributed by atoms with Crippen LogP contribution in [0.4, 0.5) is 0 Å². The third kappa shape index (κ3) is 2.57. The van der Waals surface area contributed by atoms with Crippen LogP contribution in [0.5, 0.6) is 0 Å². The first-order chi connectivity index (χ1) is 8.42. The van der Waals surface area contributed by atoms with Crippen molar-refractivity contribution in [2.45, 2.75) is 12.6 Å². The number of thiophene rings is 1. The van der Waals surface area contributed by atoms with Crippen molar-refractivity contribution in [3.8, 4) is 0 Å². The van der Waals surface area contributed by atoms with Crippen molar-refractivity contribution in [3.63, 3.8) is 0 Å². The minimum absolute atomic E-state index is 0.263. The Hall–Kier alpha value is -1.16. The Kier molecular flexibility index (Phi) is 3.22. The van der Waals surface area contributed by atoms with Crippen LogP contribution in [0, 0.1) is 0 Å². The van der Waals surface area contributed by atoms with Gasteiger partial charge in [-0.05, 0) is 17.0 Å². The summed E-state index contributed by atoms with van der Waals surface area (Å²) in [4.78, 5) is 3.68. The first-order valence-electron chi connectivity index (χ1n) is 5.83. The van der Waals surface area contributed by atoms with Gasteiger partial charge in [0.2, 0.25) is 0 Å². The summed E-state index contributed by atoms with van der Waals surface area (Å²) in [7, 11) is 0. The van der Waals surface area contributed by atoms with E-state index >= 15 is 0 Å². The highest BCUT2D eigenvalue weighted by atomic mass is 32.1. The summed E-state index contributed by atoms with van der Waals surface area (Å²) in [6.07, 6.45) is 0.263. The van der Waals surface area contributed by atoms with Crippen molar-refractivity contribution in [2.75, 3.05) is 13.3 Å². The zero-order valence-corrected chi connectivity index (χ0v) is 10.4. The van der Waals surface area contributed by atoms with Gasteiger partial charge in [0.1, 0.15) is 12.8 Å². The van der Waals surface area contributed by atoms with Crippen LogP contribution in [0.1, 0.15) is 16.5 Å². The molecule has 0 bridgehead atoms. The summed E-state index contributed by atoms with van der Waals surface area (Å²) >= 11 is 1.78. The number of ether oxygens (including phenoxy) is 1. The fourth-order valence-corrected chi connectivity index (χ4v) is 2.90. The normalized spacial score (nSPS) is 20.8. The minimum Gasteiger partial charge on any atom is -0.356 e. The average Bonchev–Trinajstić information content (AvgIpc) is 3.00.